The summed E-state index contributed by atoms with van der Waals surface area (Å²) in [7, 11) is 0. The number of thiophene rings is 1. The van der Waals surface area contributed by atoms with E-state index in [0.717, 1.165) is 22.1 Å². The van der Waals surface area contributed by atoms with Crippen LogP contribution in [0.1, 0.15) is 27.6 Å². The van der Waals surface area contributed by atoms with E-state index < -0.39 is 0 Å². The lowest BCUT2D eigenvalue weighted by molar-refractivity contribution is 0.903. The molecule has 3 heteroatoms. The van der Waals surface area contributed by atoms with Crippen molar-refractivity contribution in [2.45, 2.75) is 18.9 Å². The molecule has 0 bridgehead atoms. The number of rotatable bonds is 2. The molecular weight excluding hydrogens is 286 g/mol. The van der Waals surface area contributed by atoms with Crippen LogP contribution in [0, 0.1) is 0 Å². The largest absolute Gasteiger partial charge is 0.320 e. The molecule has 1 aliphatic rings. The Balaban J connectivity index is 1.93. The molecule has 0 fully saturated rings. The molecule has 20 heavy (non-hydrogen) atoms. The van der Waals surface area contributed by atoms with Crippen LogP contribution < -0.4 is 5.73 Å². The summed E-state index contributed by atoms with van der Waals surface area (Å²) in [4.78, 5) is 1.12. The first kappa shape index (κ1) is 12.4. The van der Waals surface area contributed by atoms with Gasteiger partial charge < -0.3 is 5.73 Å². The van der Waals surface area contributed by atoms with Gasteiger partial charge in [-0.25, -0.2) is 0 Å². The van der Waals surface area contributed by atoms with Crippen LogP contribution in [0.15, 0.2) is 42.5 Å². The topological polar surface area (TPSA) is 26.0 Å². The summed E-state index contributed by atoms with van der Waals surface area (Å²) < 4.78 is 0.793. The van der Waals surface area contributed by atoms with Crippen molar-refractivity contribution in [2.75, 3.05) is 0 Å². The molecule has 1 heterocycles. The van der Waals surface area contributed by atoms with E-state index in [2.05, 4.69) is 30.3 Å². The Morgan fingerprint density at radius 1 is 1.00 bits per heavy atom. The van der Waals surface area contributed by atoms with E-state index in [4.69, 9.17) is 17.3 Å². The Bertz CT molecular complexity index is 796. The molecule has 100 valence electrons. The fourth-order valence-corrected chi connectivity index (χ4v) is 4.27. The van der Waals surface area contributed by atoms with Gasteiger partial charge in [0.15, 0.2) is 0 Å². The lowest BCUT2D eigenvalue weighted by Gasteiger charge is -2.14. The van der Waals surface area contributed by atoms with Crippen molar-refractivity contribution in [3.63, 3.8) is 0 Å². The fraction of sp³-hybridized carbons (Fsp3) is 0.176. The highest BCUT2D eigenvalue weighted by Crippen LogP contribution is 2.37. The van der Waals surface area contributed by atoms with Crippen molar-refractivity contribution in [2.24, 2.45) is 5.73 Å². The van der Waals surface area contributed by atoms with E-state index in [1.165, 1.54) is 27.5 Å². The van der Waals surface area contributed by atoms with Gasteiger partial charge in [-0.3, -0.25) is 0 Å². The quantitative estimate of drug-likeness (QED) is 0.729. The van der Waals surface area contributed by atoms with E-state index in [9.17, 15) is 0 Å². The van der Waals surface area contributed by atoms with Crippen molar-refractivity contribution in [1.82, 2.24) is 0 Å². The third kappa shape index (κ3) is 1.80. The maximum absolute atomic E-state index is 6.47. The molecule has 0 saturated carbocycles. The van der Waals surface area contributed by atoms with Crippen LogP contribution >= 0.6 is 22.9 Å². The molecule has 1 unspecified atom stereocenters. The van der Waals surface area contributed by atoms with Gasteiger partial charge in [-0.05, 0) is 52.4 Å². The third-order valence-corrected chi connectivity index (χ3v) is 5.46. The lowest BCUT2D eigenvalue weighted by atomic mass is 9.95. The molecule has 4 rings (SSSR count). The Hall–Kier alpha value is -1.35. The number of hydrogen-bond acceptors (Lipinski definition) is 2. The smallest absolute Gasteiger partial charge is 0.0931 e. The molecule has 0 saturated heterocycles. The second kappa shape index (κ2) is 4.59. The first-order valence-electron chi connectivity index (χ1n) is 6.78. The molecule has 0 spiro atoms. The zero-order chi connectivity index (χ0) is 13.7. The summed E-state index contributed by atoms with van der Waals surface area (Å²) >= 11 is 7.60. The average molecular weight is 300 g/mol. The van der Waals surface area contributed by atoms with Crippen molar-refractivity contribution < 1.29 is 0 Å². The van der Waals surface area contributed by atoms with E-state index in [1.54, 1.807) is 11.3 Å². The number of hydrogen-bond donors (Lipinski definition) is 1. The van der Waals surface area contributed by atoms with Gasteiger partial charge in [0, 0.05) is 4.88 Å². The first-order chi connectivity index (χ1) is 9.74. The highest BCUT2D eigenvalue weighted by atomic mass is 35.5. The highest BCUT2D eigenvalue weighted by molar-refractivity contribution is 7.16. The van der Waals surface area contributed by atoms with Crippen LogP contribution in [0.5, 0.6) is 0 Å². The van der Waals surface area contributed by atoms with Gasteiger partial charge in [-0.1, -0.05) is 41.9 Å². The van der Waals surface area contributed by atoms with Gasteiger partial charge in [0.2, 0.25) is 0 Å². The van der Waals surface area contributed by atoms with Gasteiger partial charge in [0.25, 0.3) is 0 Å². The molecular formula is C17H14ClNS. The van der Waals surface area contributed by atoms with E-state index in [-0.39, 0.29) is 6.04 Å². The minimum Gasteiger partial charge on any atom is -0.320 e. The highest BCUT2D eigenvalue weighted by Gasteiger charge is 2.19. The summed E-state index contributed by atoms with van der Waals surface area (Å²) in [6.07, 6.45) is 2.30. The number of benzene rings is 2. The molecule has 0 amide bonds. The van der Waals surface area contributed by atoms with Crippen LogP contribution in [0.25, 0.3) is 10.8 Å². The molecule has 1 aromatic heterocycles. The third-order valence-electron chi connectivity index (χ3n) is 4.15. The summed E-state index contributed by atoms with van der Waals surface area (Å²) in [5.74, 6) is 0. The standard InChI is InChI=1S/C17H14ClNS/c18-15-9-8-14(20-15)17(19)13-7-6-11-5-4-10-2-1-3-12(13)16(10)11/h1-3,6-9,17H,4-5,19H2. The zero-order valence-electron chi connectivity index (χ0n) is 10.9. The Labute approximate surface area is 127 Å². The van der Waals surface area contributed by atoms with Gasteiger partial charge in [-0.2, -0.15) is 0 Å². The SMILES string of the molecule is NC(c1ccc(Cl)s1)c1ccc2c3c(cccc13)CC2. The fourth-order valence-electron chi connectivity index (χ4n) is 3.19. The second-order valence-electron chi connectivity index (χ2n) is 5.27. The maximum atomic E-state index is 6.47. The summed E-state index contributed by atoms with van der Waals surface area (Å²) in [5, 5.41) is 2.72. The summed E-state index contributed by atoms with van der Waals surface area (Å²) in [6.45, 7) is 0. The Morgan fingerprint density at radius 3 is 2.55 bits per heavy atom. The van der Waals surface area contributed by atoms with E-state index in [0.29, 0.717) is 0 Å². The average Bonchev–Trinajstić information content (AvgIpc) is 3.07. The monoisotopic (exact) mass is 299 g/mol. The van der Waals surface area contributed by atoms with Crippen LogP contribution in [-0.2, 0) is 12.8 Å². The maximum Gasteiger partial charge on any atom is 0.0931 e. The Morgan fingerprint density at radius 2 is 1.80 bits per heavy atom. The second-order valence-corrected chi connectivity index (χ2v) is 7.02. The van der Waals surface area contributed by atoms with Gasteiger partial charge in [0.1, 0.15) is 0 Å². The molecule has 2 aromatic carbocycles. The molecule has 0 radical (unpaired) electrons. The predicted molar refractivity (Wildman–Crippen MR) is 86.7 cm³/mol. The lowest BCUT2D eigenvalue weighted by Crippen LogP contribution is -2.10. The normalized spacial score (nSPS) is 14.9. The molecule has 1 nitrogen and oxygen atoms in total. The minimum atomic E-state index is -0.0996. The number of nitrogens with two attached hydrogens (primary N) is 1. The molecule has 1 aliphatic carbocycles. The van der Waals surface area contributed by atoms with Crippen molar-refractivity contribution in [3.8, 4) is 0 Å². The Kier molecular flexibility index (Phi) is 2.84. The predicted octanol–water partition coefficient (Wildman–Crippen LogP) is 4.70. The van der Waals surface area contributed by atoms with E-state index in [1.807, 2.05) is 12.1 Å². The van der Waals surface area contributed by atoms with Crippen molar-refractivity contribution >= 4 is 33.7 Å². The van der Waals surface area contributed by atoms with Crippen molar-refractivity contribution in [3.05, 3.63) is 68.4 Å². The van der Waals surface area contributed by atoms with Crippen LogP contribution in [0.2, 0.25) is 4.34 Å². The first-order valence-corrected chi connectivity index (χ1v) is 7.97. The molecule has 2 N–H and O–H groups in total. The van der Waals surface area contributed by atoms with Crippen LogP contribution in [0.4, 0.5) is 0 Å². The van der Waals surface area contributed by atoms with Gasteiger partial charge >= 0.3 is 0 Å². The van der Waals surface area contributed by atoms with Crippen molar-refractivity contribution in [1.29, 1.82) is 0 Å². The summed E-state index contributed by atoms with van der Waals surface area (Å²) in [6, 6.07) is 14.8. The van der Waals surface area contributed by atoms with Gasteiger partial charge in [-0.15, -0.1) is 11.3 Å². The van der Waals surface area contributed by atoms with Gasteiger partial charge in [0.05, 0.1) is 10.4 Å². The molecule has 3 aromatic rings. The zero-order valence-corrected chi connectivity index (χ0v) is 12.5. The van der Waals surface area contributed by atoms with Crippen LogP contribution in [-0.4, -0.2) is 0 Å². The minimum absolute atomic E-state index is 0.0996. The number of halogens is 1. The number of aryl methyl sites for hydroxylation is 2. The van der Waals surface area contributed by atoms with E-state index >= 15 is 0 Å². The molecule has 1 atom stereocenters. The summed E-state index contributed by atoms with van der Waals surface area (Å²) in [5.41, 5.74) is 10.6. The van der Waals surface area contributed by atoms with Crippen LogP contribution in [0.3, 0.4) is 0 Å². The molecule has 0 aliphatic heterocycles.